The van der Waals surface area contributed by atoms with E-state index in [1.165, 1.54) is 6.08 Å². The minimum atomic E-state index is -0.279. The van der Waals surface area contributed by atoms with Gasteiger partial charge in [-0.15, -0.1) is 0 Å². The maximum atomic E-state index is 10.7. The van der Waals surface area contributed by atoms with Crippen molar-refractivity contribution in [3.05, 3.63) is 42.1 Å². The summed E-state index contributed by atoms with van der Waals surface area (Å²) in [5, 5.41) is 3.09. The van der Waals surface area contributed by atoms with Gasteiger partial charge in [0.25, 0.3) is 0 Å². The molecule has 3 nitrogen and oxygen atoms in total. The van der Waals surface area contributed by atoms with Gasteiger partial charge in [0.2, 0.25) is 0 Å². The summed E-state index contributed by atoms with van der Waals surface area (Å²) >= 11 is 0. The average molecular weight is 175 g/mol. The van der Waals surface area contributed by atoms with Crippen LogP contribution in [-0.2, 0) is 9.53 Å². The third-order valence-corrected chi connectivity index (χ3v) is 1.74. The van der Waals surface area contributed by atoms with Crippen molar-refractivity contribution in [3.63, 3.8) is 0 Å². The van der Waals surface area contributed by atoms with E-state index < -0.39 is 0 Å². The summed E-state index contributed by atoms with van der Waals surface area (Å²) in [4.78, 5) is 10.7. The summed E-state index contributed by atoms with van der Waals surface area (Å²) in [7, 11) is 0. The van der Waals surface area contributed by atoms with Gasteiger partial charge in [0, 0.05) is 11.8 Å². The van der Waals surface area contributed by atoms with Crippen molar-refractivity contribution in [2.45, 2.75) is 0 Å². The van der Waals surface area contributed by atoms with Gasteiger partial charge in [0.1, 0.15) is 6.61 Å². The summed E-state index contributed by atoms with van der Waals surface area (Å²) in [6.07, 6.45) is 1.47. The molecule has 1 N–H and O–H groups in total. The molecule has 1 aromatic rings. The van der Waals surface area contributed by atoms with Crippen LogP contribution < -0.4 is 5.32 Å². The monoisotopic (exact) mass is 175 g/mol. The smallest absolute Gasteiger partial charge is 0.333 e. The van der Waals surface area contributed by atoms with Gasteiger partial charge >= 0.3 is 5.97 Å². The van der Waals surface area contributed by atoms with Crippen molar-refractivity contribution in [2.24, 2.45) is 0 Å². The number of benzene rings is 1. The molecule has 1 aromatic carbocycles. The summed E-state index contributed by atoms with van der Waals surface area (Å²) in [6, 6.07) is 9.67. The first kappa shape index (κ1) is 7.86. The fraction of sp³-hybridized carbons (Fsp3) is 0.100. The molecule has 1 aliphatic heterocycles. The van der Waals surface area contributed by atoms with Crippen molar-refractivity contribution >= 4 is 11.7 Å². The lowest BCUT2D eigenvalue weighted by atomic mass is 10.3. The number of para-hydroxylation sites is 1. The molecule has 13 heavy (non-hydrogen) atoms. The molecule has 0 amide bonds. The lowest BCUT2D eigenvalue weighted by Gasteiger charge is -2.04. The normalized spacial score (nSPS) is 15.1. The molecular weight excluding hydrogens is 166 g/mol. The van der Waals surface area contributed by atoms with Crippen molar-refractivity contribution < 1.29 is 9.53 Å². The van der Waals surface area contributed by atoms with Crippen molar-refractivity contribution in [2.75, 3.05) is 11.9 Å². The van der Waals surface area contributed by atoms with Gasteiger partial charge in [-0.2, -0.15) is 0 Å². The van der Waals surface area contributed by atoms with E-state index in [2.05, 4.69) is 5.32 Å². The van der Waals surface area contributed by atoms with E-state index in [0.29, 0.717) is 6.61 Å². The van der Waals surface area contributed by atoms with Gasteiger partial charge in [-0.25, -0.2) is 4.79 Å². The van der Waals surface area contributed by atoms with E-state index in [-0.39, 0.29) is 5.97 Å². The minimum absolute atomic E-state index is 0.279. The second kappa shape index (κ2) is 3.31. The predicted octanol–water partition coefficient (Wildman–Crippen LogP) is 1.54. The van der Waals surface area contributed by atoms with E-state index in [1.807, 2.05) is 30.3 Å². The number of carbonyl (C=O) groups excluding carboxylic acids is 1. The van der Waals surface area contributed by atoms with Crippen molar-refractivity contribution in [3.8, 4) is 0 Å². The Labute approximate surface area is 76.0 Å². The van der Waals surface area contributed by atoms with Gasteiger partial charge in [0.05, 0.1) is 5.70 Å². The van der Waals surface area contributed by atoms with E-state index in [9.17, 15) is 4.79 Å². The number of hydrogen-bond acceptors (Lipinski definition) is 3. The molecule has 0 saturated heterocycles. The molecule has 2 rings (SSSR count). The first-order valence-electron chi connectivity index (χ1n) is 4.04. The Bertz CT molecular complexity index is 343. The quantitative estimate of drug-likeness (QED) is 0.693. The number of ether oxygens (including phenoxy) is 1. The first-order chi connectivity index (χ1) is 6.34. The van der Waals surface area contributed by atoms with Gasteiger partial charge in [-0.05, 0) is 12.1 Å². The third-order valence-electron chi connectivity index (χ3n) is 1.74. The topological polar surface area (TPSA) is 38.3 Å². The maximum absolute atomic E-state index is 10.7. The summed E-state index contributed by atoms with van der Waals surface area (Å²) in [5.41, 5.74) is 1.77. The average Bonchev–Trinajstić information content (AvgIpc) is 2.53. The van der Waals surface area contributed by atoms with Crippen LogP contribution in [0.25, 0.3) is 0 Å². The fourth-order valence-corrected chi connectivity index (χ4v) is 1.15. The second-order valence-electron chi connectivity index (χ2n) is 2.77. The maximum Gasteiger partial charge on any atom is 0.333 e. The van der Waals surface area contributed by atoms with Gasteiger partial charge in [-0.1, -0.05) is 18.2 Å². The molecule has 0 fully saturated rings. The van der Waals surface area contributed by atoms with Crippen LogP contribution >= 0.6 is 0 Å². The number of nitrogens with one attached hydrogen (secondary N) is 1. The van der Waals surface area contributed by atoms with E-state index in [0.717, 1.165) is 11.4 Å². The Morgan fingerprint density at radius 2 is 2.00 bits per heavy atom. The van der Waals surface area contributed by atoms with Crippen LogP contribution in [0.2, 0.25) is 0 Å². The van der Waals surface area contributed by atoms with Crippen molar-refractivity contribution in [1.82, 2.24) is 0 Å². The first-order valence-corrected chi connectivity index (χ1v) is 4.04. The molecule has 66 valence electrons. The molecule has 0 unspecified atom stereocenters. The lowest BCUT2D eigenvalue weighted by Crippen LogP contribution is -2.00. The number of rotatable bonds is 2. The Kier molecular flexibility index (Phi) is 2.00. The molecule has 0 aliphatic carbocycles. The van der Waals surface area contributed by atoms with Gasteiger partial charge < -0.3 is 10.1 Å². The lowest BCUT2D eigenvalue weighted by molar-refractivity contribution is -0.134. The number of hydrogen-bond donors (Lipinski definition) is 1. The molecule has 3 heteroatoms. The molecule has 0 atom stereocenters. The second-order valence-corrected chi connectivity index (χ2v) is 2.77. The van der Waals surface area contributed by atoms with Crippen LogP contribution in [0.5, 0.6) is 0 Å². The number of esters is 1. The van der Waals surface area contributed by atoms with Crippen LogP contribution in [-0.4, -0.2) is 12.6 Å². The highest BCUT2D eigenvalue weighted by Crippen LogP contribution is 2.12. The van der Waals surface area contributed by atoms with Crippen LogP contribution in [0.3, 0.4) is 0 Å². The Hall–Kier alpha value is -1.77. The molecule has 1 aliphatic rings. The van der Waals surface area contributed by atoms with Crippen LogP contribution in [0, 0.1) is 0 Å². The molecule has 0 spiro atoms. The Balaban J connectivity index is 2.07. The largest absolute Gasteiger partial charge is 0.456 e. The van der Waals surface area contributed by atoms with Gasteiger partial charge in [-0.3, -0.25) is 0 Å². The number of carbonyl (C=O) groups is 1. The Morgan fingerprint density at radius 1 is 1.23 bits per heavy atom. The van der Waals surface area contributed by atoms with Crippen LogP contribution in [0.1, 0.15) is 0 Å². The molecule has 0 aromatic heterocycles. The SMILES string of the molecule is O=C1C=C(Nc2ccccc2)CO1. The summed E-state index contributed by atoms with van der Waals surface area (Å²) in [5.74, 6) is -0.279. The minimum Gasteiger partial charge on any atom is -0.456 e. The Morgan fingerprint density at radius 3 is 2.62 bits per heavy atom. The van der Waals surface area contributed by atoms with E-state index in [4.69, 9.17) is 4.74 Å². The molecule has 0 saturated carbocycles. The van der Waals surface area contributed by atoms with Crippen LogP contribution in [0.4, 0.5) is 5.69 Å². The standard InChI is InChI=1S/C10H9NO2/c12-10-6-9(7-13-10)11-8-4-2-1-3-5-8/h1-6,11H,7H2. The number of anilines is 1. The molecule has 1 heterocycles. The van der Waals surface area contributed by atoms with Crippen LogP contribution in [0.15, 0.2) is 42.1 Å². The highest BCUT2D eigenvalue weighted by Gasteiger charge is 2.11. The zero-order chi connectivity index (χ0) is 9.10. The van der Waals surface area contributed by atoms with Gasteiger partial charge in [0.15, 0.2) is 0 Å². The fourth-order valence-electron chi connectivity index (χ4n) is 1.15. The van der Waals surface area contributed by atoms with E-state index >= 15 is 0 Å². The number of cyclic esters (lactones) is 1. The van der Waals surface area contributed by atoms with E-state index in [1.54, 1.807) is 0 Å². The zero-order valence-corrected chi connectivity index (χ0v) is 6.99. The summed E-state index contributed by atoms with van der Waals surface area (Å²) in [6.45, 7) is 0.341. The molecule has 0 radical (unpaired) electrons. The van der Waals surface area contributed by atoms with Crippen molar-refractivity contribution in [1.29, 1.82) is 0 Å². The predicted molar refractivity (Wildman–Crippen MR) is 49.1 cm³/mol. The highest BCUT2D eigenvalue weighted by molar-refractivity contribution is 5.86. The third kappa shape index (κ3) is 1.87. The molecule has 0 bridgehead atoms. The molecular formula is C10H9NO2. The highest BCUT2D eigenvalue weighted by atomic mass is 16.5. The zero-order valence-electron chi connectivity index (χ0n) is 6.99. The summed E-state index contributed by atoms with van der Waals surface area (Å²) < 4.78 is 4.74.